The SMILES string of the molecule is Nc1ccccn1.[Ni+2]. The van der Waals surface area contributed by atoms with E-state index in [2.05, 4.69) is 4.98 Å². The number of nitrogen functional groups attached to an aromatic ring is 1. The average Bonchev–Trinajstić information content (AvgIpc) is 1.69. The summed E-state index contributed by atoms with van der Waals surface area (Å²) in [6, 6.07) is 5.43. The molecule has 0 amide bonds. The number of rotatable bonds is 0. The number of aromatic nitrogens is 1. The first-order valence-corrected chi connectivity index (χ1v) is 2.06. The van der Waals surface area contributed by atoms with Crippen molar-refractivity contribution >= 4 is 5.82 Å². The Morgan fingerprint density at radius 3 is 2.38 bits per heavy atom. The molecule has 1 aromatic heterocycles. The van der Waals surface area contributed by atoms with Crippen LogP contribution >= 0.6 is 0 Å². The van der Waals surface area contributed by atoms with Gasteiger partial charge in [0, 0.05) is 6.20 Å². The zero-order chi connectivity index (χ0) is 5.11. The molecule has 1 heterocycles. The molecule has 0 aliphatic rings. The van der Waals surface area contributed by atoms with Crippen LogP contribution in [-0.2, 0) is 16.5 Å². The van der Waals surface area contributed by atoms with Crippen molar-refractivity contribution in [2.75, 3.05) is 5.73 Å². The second-order valence-electron chi connectivity index (χ2n) is 1.25. The maximum Gasteiger partial charge on any atom is 2.00 e. The molecule has 0 saturated carbocycles. The molecule has 0 aromatic carbocycles. The molecule has 0 spiro atoms. The molecule has 2 nitrogen and oxygen atoms in total. The predicted molar refractivity (Wildman–Crippen MR) is 28.6 cm³/mol. The molecule has 8 heavy (non-hydrogen) atoms. The smallest absolute Gasteiger partial charge is 0.384 e. The van der Waals surface area contributed by atoms with Gasteiger partial charge >= 0.3 is 16.5 Å². The Morgan fingerprint density at radius 1 is 1.38 bits per heavy atom. The van der Waals surface area contributed by atoms with Gasteiger partial charge in [-0.1, -0.05) is 6.07 Å². The minimum atomic E-state index is 0. The van der Waals surface area contributed by atoms with Crippen molar-refractivity contribution in [1.29, 1.82) is 0 Å². The van der Waals surface area contributed by atoms with Crippen molar-refractivity contribution in [2.24, 2.45) is 0 Å². The van der Waals surface area contributed by atoms with Crippen LogP contribution in [0.3, 0.4) is 0 Å². The number of anilines is 1. The van der Waals surface area contributed by atoms with Crippen LogP contribution in [0.15, 0.2) is 24.4 Å². The van der Waals surface area contributed by atoms with Crippen LogP contribution in [-0.4, -0.2) is 4.98 Å². The molecule has 1 rings (SSSR count). The molecule has 0 aliphatic carbocycles. The third kappa shape index (κ3) is 1.94. The van der Waals surface area contributed by atoms with Crippen LogP contribution in [0.1, 0.15) is 0 Å². The number of nitrogens with two attached hydrogens (primary N) is 1. The summed E-state index contributed by atoms with van der Waals surface area (Å²) in [4.78, 5) is 3.76. The fourth-order valence-corrected chi connectivity index (χ4v) is 0.376. The van der Waals surface area contributed by atoms with Crippen LogP contribution in [0.25, 0.3) is 0 Å². The minimum Gasteiger partial charge on any atom is -0.384 e. The molecule has 1 aromatic rings. The van der Waals surface area contributed by atoms with E-state index < -0.39 is 0 Å². The van der Waals surface area contributed by atoms with Gasteiger partial charge in [-0.25, -0.2) is 4.98 Å². The second kappa shape index (κ2) is 3.45. The summed E-state index contributed by atoms with van der Waals surface area (Å²) in [5.41, 5.74) is 5.25. The van der Waals surface area contributed by atoms with E-state index in [0.29, 0.717) is 5.82 Å². The first-order chi connectivity index (χ1) is 3.39. The van der Waals surface area contributed by atoms with Crippen LogP contribution in [0, 0.1) is 0 Å². The van der Waals surface area contributed by atoms with Gasteiger partial charge in [-0.3, -0.25) is 0 Å². The molecular formula is C5H6N2Ni+2. The van der Waals surface area contributed by atoms with Gasteiger partial charge < -0.3 is 5.73 Å². The van der Waals surface area contributed by atoms with E-state index in [-0.39, 0.29) is 16.5 Å². The zero-order valence-electron chi connectivity index (χ0n) is 4.15. The van der Waals surface area contributed by atoms with Gasteiger partial charge in [0.2, 0.25) is 0 Å². The normalized spacial score (nSPS) is 7.50. The van der Waals surface area contributed by atoms with Crippen LogP contribution in [0.2, 0.25) is 0 Å². The third-order valence-corrected chi connectivity index (χ3v) is 0.688. The Labute approximate surface area is 58.0 Å². The number of hydrogen-bond donors (Lipinski definition) is 1. The van der Waals surface area contributed by atoms with Crippen molar-refractivity contribution in [1.82, 2.24) is 4.98 Å². The number of hydrogen-bond acceptors (Lipinski definition) is 2. The third-order valence-electron chi connectivity index (χ3n) is 0.688. The molecule has 0 unspecified atom stereocenters. The van der Waals surface area contributed by atoms with Gasteiger partial charge in [0.1, 0.15) is 5.82 Å². The summed E-state index contributed by atoms with van der Waals surface area (Å²) in [7, 11) is 0. The van der Waals surface area contributed by atoms with Gasteiger partial charge in [-0.15, -0.1) is 0 Å². The van der Waals surface area contributed by atoms with E-state index >= 15 is 0 Å². The molecule has 0 fully saturated rings. The summed E-state index contributed by atoms with van der Waals surface area (Å²) < 4.78 is 0. The number of pyridine rings is 1. The summed E-state index contributed by atoms with van der Waals surface area (Å²) in [6.45, 7) is 0. The standard InChI is InChI=1S/C5H6N2.Ni/c6-5-3-1-2-4-7-5;/h1-4H,(H2,6,7);/q;+2. The van der Waals surface area contributed by atoms with Crippen molar-refractivity contribution in [2.45, 2.75) is 0 Å². The Morgan fingerprint density at radius 2 is 2.12 bits per heavy atom. The van der Waals surface area contributed by atoms with E-state index in [0.717, 1.165) is 0 Å². The summed E-state index contributed by atoms with van der Waals surface area (Å²) in [5, 5.41) is 0. The number of nitrogens with zero attached hydrogens (tertiary/aromatic N) is 1. The molecule has 0 saturated heterocycles. The Kier molecular flexibility index (Phi) is 3.21. The summed E-state index contributed by atoms with van der Waals surface area (Å²) >= 11 is 0. The molecule has 2 N–H and O–H groups in total. The van der Waals surface area contributed by atoms with E-state index in [9.17, 15) is 0 Å². The van der Waals surface area contributed by atoms with Crippen molar-refractivity contribution < 1.29 is 16.5 Å². The van der Waals surface area contributed by atoms with Gasteiger partial charge in [0.15, 0.2) is 0 Å². The van der Waals surface area contributed by atoms with E-state index in [4.69, 9.17) is 5.73 Å². The Hall–Kier alpha value is -0.556. The van der Waals surface area contributed by atoms with E-state index in [1.54, 1.807) is 12.3 Å². The summed E-state index contributed by atoms with van der Waals surface area (Å²) in [5.74, 6) is 0.572. The molecule has 0 bridgehead atoms. The first-order valence-electron chi connectivity index (χ1n) is 2.06. The van der Waals surface area contributed by atoms with Crippen molar-refractivity contribution in [3.63, 3.8) is 0 Å². The van der Waals surface area contributed by atoms with E-state index in [1.165, 1.54) is 0 Å². The topological polar surface area (TPSA) is 38.9 Å². The molecule has 0 radical (unpaired) electrons. The van der Waals surface area contributed by atoms with Crippen molar-refractivity contribution in [3.05, 3.63) is 24.4 Å². The molecule has 44 valence electrons. The summed E-state index contributed by atoms with van der Waals surface area (Å²) in [6.07, 6.45) is 1.66. The quantitative estimate of drug-likeness (QED) is 0.555. The fourth-order valence-electron chi connectivity index (χ4n) is 0.376. The monoisotopic (exact) mass is 152 g/mol. The molecule has 0 atom stereocenters. The second-order valence-corrected chi connectivity index (χ2v) is 1.25. The minimum absolute atomic E-state index is 0. The maximum absolute atomic E-state index is 5.25. The van der Waals surface area contributed by atoms with Gasteiger partial charge in [0.05, 0.1) is 0 Å². The Balaban J connectivity index is 0.000000490. The van der Waals surface area contributed by atoms with Crippen LogP contribution in [0.5, 0.6) is 0 Å². The molecular weight excluding hydrogens is 147 g/mol. The fraction of sp³-hybridized carbons (Fsp3) is 0. The van der Waals surface area contributed by atoms with Gasteiger partial charge in [-0.2, -0.15) is 0 Å². The van der Waals surface area contributed by atoms with Gasteiger partial charge in [-0.05, 0) is 12.1 Å². The van der Waals surface area contributed by atoms with E-state index in [1.807, 2.05) is 12.1 Å². The van der Waals surface area contributed by atoms with Crippen LogP contribution < -0.4 is 5.73 Å². The predicted octanol–water partition coefficient (Wildman–Crippen LogP) is 0.661. The molecule has 0 aliphatic heterocycles. The maximum atomic E-state index is 5.25. The molecule has 3 heteroatoms. The van der Waals surface area contributed by atoms with Crippen LogP contribution in [0.4, 0.5) is 5.82 Å². The largest absolute Gasteiger partial charge is 2.00 e. The first kappa shape index (κ1) is 7.44. The zero-order valence-corrected chi connectivity index (χ0v) is 5.14. The Bertz CT molecular complexity index is 140. The van der Waals surface area contributed by atoms with Crippen molar-refractivity contribution in [3.8, 4) is 0 Å². The average molecular weight is 153 g/mol. The van der Waals surface area contributed by atoms with Gasteiger partial charge in [0.25, 0.3) is 0 Å².